The zero-order chi connectivity index (χ0) is 16.5. The molecule has 1 fully saturated rings. The van der Waals surface area contributed by atoms with E-state index >= 15 is 0 Å². The predicted molar refractivity (Wildman–Crippen MR) is 103 cm³/mol. The Hall–Kier alpha value is -1.04. The molecule has 0 radical (unpaired) electrons. The van der Waals surface area contributed by atoms with Crippen LogP contribution in [0.1, 0.15) is 42.5 Å². The Kier molecular flexibility index (Phi) is 10.1. The molecule has 1 aromatic carbocycles. The van der Waals surface area contributed by atoms with Gasteiger partial charge >= 0.3 is 0 Å². The number of Topliss-reactive ketones (excluding diaryl/α,β-unsaturated/α-hetero) is 1. The van der Waals surface area contributed by atoms with E-state index in [9.17, 15) is 9.59 Å². The van der Waals surface area contributed by atoms with Crippen molar-refractivity contribution in [3.8, 4) is 0 Å². The van der Waals surface area contributed by atoms with Gasteiger partial charge in [0.1, 0.15) is 0 Å². The Morgan fingerprint density at radius 3 is 2.42 bits per heavy atom. The number of hydrogen-bond donors (Lipinski definition) is 2. The van der Waals surface area contributed by atoms with Gasteiger partial charge in [-0.2, -0.15) is 0 Å². The molecule has 0 saturated heterocycles. The topological polar surface area (TPSA) is 72.2 Å². The molecule has 1 unspecified atom stereocenters. The number of benzene rings is 1. The van der Waals surface area contributed by atoms with E-state index in [0.717, 1.165) is 12.8 Å². The Bertz CT molecular complexity index is 507. The van der Waals surface area contributed by atoms with Crippen LogP contribution in [0, 0.1) is 5.92 Å². The second kappa shape index (κ2) is 11.5. The van der Waals surface area contributed by atoms with E-state index in [-0.39, 0.29) is 30.1 Å². The van der Waals surface area contributed by atoms with Crippen molar-refractivity contribution in [1.29, 1.82) is 0 Å². The van der Waals surface area contributed by atoms with E-state index in [4.69, 9.17) is 5.73 Å². The van der Waals surface area contributed by atoms with Crippen LogP contribution in [0.2, 0.25) is 0 Å². The van der Waals surface area contributed by atoms with Crippen molar-refractivity contribution < 1.29 is 9.59 Å². The number of nitrogens with two attached hydrogens (primary N) is 1. The quantitative estimate of drug-likeness (QED) is 0.690. The van der Waals surface area contributed by atoms with E-state index in [0.29, 0.717) is 29.5 Å². The van der Waals surface area contributed by atoms with E-state index in [1.807, 2.05) is 18.2 Å². The molecule has 0 aromatic heterocycles. The molecule has 1 aromatic rings. The first-order valence-electron chi connectivity index (χ1n) is 8.36. The number of hydrogen-bond acceptors (Lipinski definition) is 4. The highest BCUT2D eigenvalue weighted by molar-refractivity contribution is 8.00. The smallest absolute Gasteiger partial charge is 0.230 e. The van der Waals surface area contributed by atoms with Gasteiger partial charge in [-0.3, -0.25) is 9.59 Å². The fourth-order valence-electron chi connectivity index (χ4n) is 3.10. The molecule has 1 saturated carbocycles. The number of carbonyl (C=O) groups is 2. The minimum Gasteiger partial charge on any atom is -0.351 e. The number of halogens is 1. The molecule has 0 spiro atoms. The lowest BCUT2D eigenvalue weighted by Gasteiger charge is -2.30. The summed E-state index contributed by atoms with van der Waals surface area (Å²) in [6.45, 7) is 0.490. The summed E-state index contributed by atoms with van der Waals surface area (Å²) in [7, 11) is 0. The van der Waals surface area contributed by atoms with Crippen LogP contribution < -0.4 is 11.1 Å². The summed E-state index contributed by atoms with van der Waals surface area (Å²) in [4.78, 5) is 24.1. The van der Waals surface area contributed by atoms with Crippen molar-refractivity contribution in [2.75, 3.05) is 18.1 Å². The van der Waals surface area contributed by atoms with Crippen molar-refractivity contribution in [3.05, 3.63) is 35.9 Å². The van der Waals surface area contributed by atoms with Crippen LogP contribution in [0.5, 0.6) is 0 Å². The van der Waals surface area contributed by atoms with Crippen LogP contribution in [-0.4, -0.2) is 35.8 Å². The molecular formula is C18H27ClN2O2S. The molecular weight excluding hydrogens is 344 g/mol. The normalized spacial score (nSPS) is 16.0. The second-order valence-corrected chi connectivity index (χ2v) is 7.08. The number of thioether (sulfide) groups is 1. The zero-order valence-corrected chi connectivity index (χ0v) is 15.5. The molecule has 0 aliphatic heterocycles. The first-order chi connectivity index (χ1) is 11.2. The Morgan fingerprint density at radius 1 is 1.12 bits per heavy atom. The SMILES string of the molecule is Cl.NCC(NC(=O)CSCC(=O)c1ccccc1)C1CCCCC1. The van der Waals surface area contributed by atoms with Gasteiger partial charge in [-0.1, -0.05) is 49.6 Å². The van der Waals surface area contributed by atoms with Crippen molar-refractivity contribution >= 4 is 35.9 Å². The van der Waals surface area contributed by atoms with E-state index < -0.39 is 0 Å². The zero-order valence-electron chi connectivity index (χ0n) is 13.9. The fourth-order valence-corrected chi connectivity index (χ4v) is 3.82. The monoisotopic (exact) mass is 370 g/mol. The lowest BCUT2D eigenvalue weighted by atomic mass is 9.84. The molecule has 134 valence electrons. The molecule has 2 rings (SSSR count). The summed E-state index contributed by atoms with van der Waals surface area (Å²) < 4.78 is 0. The summed E-state index contributed by atoms with van der Waals surface area (Å²) in [5.74, 6) is 1.19. The van der Waals surface area contributed by atoms with Gasteiger partial charge in [0.05, 0.1) is 11.5 Å². The fraction of sp³-hybridized carbons (Fsp3) is 0.556. The summed E-state index contributed by atoms with van der Waals surface area (Å²) >= 11 is 1.36. The molecule has 1 atom stereocenters. The van der Waals surface area contributed by atoms with Crippen LogP contribution in [0.25, 0.3) is 0 Å². The Labute approximate surface area is 154 Å². The standard InChI is InChI=1S/C18H26N2O2S.ClH/c19-11-16(14-7-3-1-4-8-14)20-18(22)13-23-12-17(21)15-9-5-2-6-10-15;/h2,5-6,9-10,14,16H,1,3-4,7-8,11-13,19H2,(H,20,22);1H. The van der Waals surface area contributed by atoms with Crippen molar-refractivity contribution in [2.45, 2.75) is 38.1 Å². The molecule has 24 heavy (non-hydrogen) atoms. The van der Waals surface area contributed by atoms with Gasteiger partial charge in [0.2, 0.25) is 5.91 Å². The average molecular weight is 371 g/mol. The van der Waals surface area contributed by atoms with Gasteiger partial charge < -0.3 is 11.1 Å². The molecule has 4 nitrogen and oxygen atoms in total. The maximum Gasteiger partial charge on any atom is 0.230 e. The Balaban J connectivity index is 0.00000288. The number of nitrogens with one attached hydrogen (secondary N) is 1. The third-order valence-electron chi connectivity index (χ3n) is 4.38. The van der Waals surface area contributed by atoms with Gasteiger partial charge in [-0.15, -0.1) is 24.2 Å². The third-order valence-corrected chi connectivity index (χ3v) is 5.31. The highest BCUT2D eigenvalue weighted by Crippen LogP contribution is 2.26. The largest absolute Gasteiger partial charge is 0.351 e. The van der Waals surface area contributed by atoms with E-state index in [1.165, 1.54) is 31.0 Å². The molecule has 0 bridgehead atoms. The van der Waals surface area contributed by atoms with E-state index in [1.54, 1.807) is 12.1 Å². The van der Waals surface area contributed by atoms with Crippen LogP contribution in [0.4, 0.5) is 0 Å². The minimum absolute atomic E-state index is 0. The molecule has 3 N–H and O–H groups in total. The van der Waals surface area contributed by atoms with Gasteiger partial charge in [0.15, 0.2) is 5.78 Å². The van der Waals surface area contributed by atoms with Gasteiger partial charge in [-0.25, -0.2) is 0 Å². The summed E-state index contributed by atoms with van der Waals surface area (Å²) in [6.07, 6.45) is 6.07. The molecule has 1 aliphatic carbocycles. The predicted octanol–water partition coefficient (Wildman–Crippen LogP) is 3.05. The molecule has 1 amide bonds. The van der Waals surface area contributed by atoms with Crippen LogP contribution >= 0.6 is 24.2 Å². The molecule has 0 heterocycles. The maximum atomic E-state index is 12.1. The van der Waals surface area contributed by atoms with E-state index in [2.05, 4.69) is 5.32 Å². The van der Waals surface area contributed by atoms with Crippen LogP contribution in [0.3, 0.4) is 0 Å². The summed E-state index contributed by atoms with van der Waals surface area (Å²) in [5.41, 5.74) is 6.53. The molecule has 1 aliphatic rings. The first kappa shape index (κ1) is 21.0. The maximum absolute atomic E-state index is 12.1. The van der Waals surface area contributed by atoms with Crippen molar-refractivity contribution in [3.63, 3.8) is 0 Å². The van der Waals surface area contributed by atoms with Crippen molar-refractivity contribution in [1.82, 2.24) is 5.32 Å². The Morgan fingerprint density at radius 2 is 1.79 bits per heavy atom. The highest BCUT2D eigenvalue weighted by Gasteiger charge is 2.23. The second-order valence-electron chi connectivity index (χ2n) is 6.09. The number of ketones is 1. The first-order valence-corrected chi connectivity index (χ1v) is 9.51. The van der Waals surface area contributed by atoms with Crippen LogP contribution in [0.15, 0.2) is 30.3 Å². The van der Waals surface area contributed by atoms with Crippen LogP contribution in [-0.2, 0) is 4.79 Å². The molecule has 6 heteroatoms. The third kappa shape index (κ3) is 6.83. The number of amides is 1. The average Bonchev–Trinajstić information content (AvgIpc) is 2.61. The van der Waals surface area contributed by atoms with Crippen molar-refractivity contribution in [2.24, 2.45) is 11.7 Å². The summed E-state index contributed by atoms with van der Waals surface area (Å²) in [5, 5.41) is 3.05. The summed E-state index contributed by atoms with van der Waals surface area (Å²) in [6, 6.07) is 9.26. The highest BCUT2D eigenvalue weighted by atomic mass is 35.5. The number of rotatable bonds is 8. The van der Waals surface area contributed by atoms with Gasteiger partial charge in [0.25, 0.3) is 0 Å². The van der Waals surface area contributed by atoms with Gasteiger partial charge in [-0.05, 0) is 18.8 Å². The number of carbonyl (C=O) groups excluding carboxylic acids is 2. The minimum atomic E-state index is -0.0168. The lowest BCUT2D eigenvalue weighted by Crippen LogP contribution is -2.46. The lowest BCUT2D eigenvalue weighted by molar-refractivity contribution is -0.119. The van der Waals surface area contributed by atoms with Gasteiger partial charge in [0, 0.05) is 18.2 Å².